The second kappa shape index (κ2) is 5.88. The van der Waals surface area contributed by atoms with Crippen LogP contribution in [-0.2, 0) is 11.3 Å². The molecule has 0 atom stereocenters. The van der Waals surface area contributed by atoms with Crippen molar-refractivity contribution >= 4 is 17.6 Å². The third-order valence-corrected chi connectivity index (χ3v) is 2.31. The highest BCUT2D eigenvalue weighted by atomic mass is 35.5. The van der Waals surface area contributed by atoms with E-state index in [9.17, 15) is 13.6 Å². The van der Waals surface area contributed by atoms with Crippen LogP contribution in [-0.4, -0.2) is 17.6 Å². The summed E-state index contributed by atoms with van der Waals surface area (Å²) in [5.74, 6) is -0.718. The van der Waals surface area contributed by atoms with Gasteiger partial charge >= 0.3 is 5.97 Å². The minimum Gasteiger partial charge on any atom is -0.461 e. The molecule has 0 spiro atoms. The van der Waals surface area contributed by atoms with E-state index in [1.54, 1.807) is 6.92 Å². The number of halogens is 3. The van der Waals surface area contributed by atoms with Crippen LogP contribution in [0.5, 0.6) is 0 Å². The monoisotopic (exact) mass is 264 g/mol. The Bertz CT molecular complexity index is 427. The number of pyridine rings is 1. The highest BCUT2D eigenvalue weighted by molar-refractivity contribution is 6.30. The summed E-state index contributed by atoms with van der Waals surface area (Å²) in [4.78, 5) is 15.0. The lowest BCUT2D eigenvalue weighted by atomic mass is 10.1. The van der Waals surface area contributed by atoms with Crippen molar-refractivity contribution in [3.05, 3.63) is 28.0 Å². The fourth-order valence-electron chi connectivity index (χ4n) is 1.28. The van der Waals surface area contributed by atoms with Crippen LogP contribution in [0.2, 0.25) is 5.15 Å². The van der Waals surface area contributed by atoms with E-state index in [4.69, 9.17) is 22.1 Å². The Hall–Kier alpha value is -1.27. The van der Waals surface area contributed by atoms with Crippen molar-refractivity contribution in [3.63, 3.8) is 0 Å². The molecule has 0 aliphatic heterocycles. The fourth-order valence-corrected chi connectivity index (χ4v) is 1.58. The van der Waals surface area contributed by atoms with Crippen molar-refractivity contribution in [1.82, 2.24) is 4.98 Å². The van der Waals surface area contributed by atoms with Crippen LogP contribution in [0.25, 0.3) is 0 Å². The van der Waals surface area contributed by atoms with Crippen molar-refractivity contribution in [2.24, 2.45) is 5.73 Å². The first-order valence-electron chi connectivity index (χ1n) is 4.85. The maximum atomic E-state index is 12.7. The minimum absolute atomic E-state index is 0.0862. The smallest absolute Gasteiger partial charge is 0.356 e. The van der Waals surface area contributed by atoms with Crippen LogP contribution in [0.3, 0.4) is 0 Å². The lowest BCUT2D eigenvalue weighted by molar-refractivity contribution is 0.0518. The number of ether oxygens (including phenoxy) is 1. The molecule has 0 radical (unpaired) electrons. The molecule has 1 aromatic rings. The molecule has 0 aliphatic carbocycles. The Morgan fingerprint density at radius 3 is 2.76 bits per heavy atom. The maximum absolute atomic E-state index is 12.7. The number of nitrogens with zero attached hydrogens (tertiary/aromatic N) is 1. The summed E-state index contributed by atoms with van der Waals surface area (Å²) in [6.45, 7) is 1.62. The predicted molar refractivity (Wildman–Crippen MR) is 58.1 cm³/mol. The van der Waals surface area contributed by atoms with Crippen LogP contribution in [0, 0.1) is 0 Å². The summed E-state index contributed by atoms with van der Waals surface area (Å²) < 4.78 is 30.0. The van der Waals surface area contributed by atoms with Gasteiger partial charge in [0.15, 0.2) is 0 Å². The van der Waals surface area contributed by atoms with Gasteiger partial charge in [-0.1, -0.05) is 11.6 Å². The molecule has 0 aromatic carbocycles. The fraction of sp³-hybridized carbons (Fsp3) is 0.400. The lowest BCUT2D eigenvalue weighted by Gasteiger charge is -2.10. The zero-order valence-corrected chi connectivity index (χ0v) is 9.80. The minimum atomic E-state index is -2.79. The van der Waals surface area contributed by atoms with Gasteiger partial charge in [-0.2, -0.15) is 0 Å². The molecule has 4 nitrogen and oxygen atoms in total. The van der Waals surface area contributed by atoms with Crippen LogP contribution in [0.15, 0.2) is 6.07 Å². The molecule has 0 saturated heterocycles. The standard InChI is InChI=1S/C10H11ClF2N2O2/c1-2-17-10(16)6-3-5(4-14)7(9(12)13)8(11)15-6/h3,9H,2,4,14H2,1H3. The molecule has 94 valence electrons. The second-order valence-electron chi connectivity index (χ2n) is 3.10. The molecule has 17 heavy (non-hydrogen) atoms. The van der Waals surface area contributed by atoms with Crippen molar-refractivity contribution in [3.8, 4) is 0 Å². The summed E-state index contributed by atoms with van der Waals surface area (Å²) in [5.41, 5.74) is 4.85. The van der Waals surface area contributed by atoms with Crippen molar-refractivity contribution in [2.45, 2.75) is 19.9 Å². The van der Waals surface area contributed by atoms with E-state index in [2.05, 4.69) is 4.98 Å². The van der Waals surface area contributed by atoms with Gasteiger partial charge in [-0.3, -0.25) is 0 Å². The number of alkyl halides is 2. The van der Waals surface area contributed by atoms with Crippen molar-refractivity contribution in [1.29, 1.82) is 0 Å². The molecule has 0 unspecified atom stereocenters. The molecule has 2 N–H and O–H groups in total. The molecule has 0 bridgehead atoms. The Balaban J connectivity index is 3.22. The Morgan fingerprint density at radius 1 is 1.65 bits per heavy atom. The summed E-state index contributed by atoms with van der Waals surface area (Å²) in [6.07, 6.45) is -2.79. The van der Waals surface area contributed by atoms with Gasteiger partial charge in [0, 0.05) is 6.54 Å². The molecular weight excluding hydrogens is 254 g/mol. The number of carbonyl (C=O) groups excluding carboxylic acids is 1. The van der Waals surface area contributed by atoms with E-state index in [-0.39, 0.29) is 24.4 Å². The first kappa shape index (κ1) is 13.8. The van der Waals surface area contributed by atoms with Gasteiger partial charge in [0.2, 0.25) is 0 Å². The van der Waals surface area contributed by atoms with Crippen LogP contribution < -0.4 is 5.73 Å². The molecule has 0 amide bonds. The highest BCUT2D eigenvalue weighted by Crippen LogP contribution is 2.29. The quantitative estimate of drug-likeness (QED) is 0.669. The summed E-state index contributed by atoms with van der Waals surface area (Å²) >= 11 is 5.60. The number of hydrogen-bond donors (Lipinski definition) is 1. The van der Waals surface area contributed by atoms with Gasteiger partial charge in [0.05, 0.1) is 12.2 Å². The van der Waals surface area contributed by atoms with E-state index >= 15 is 0 Å². The molecule has 0 saturated carbocycles. The predicted octanol–water partition coefficient (Wildman–Crippen LogP) is 2.31. The number of nitrogens with two attached hydrogens (primary N) is 1. The third kappa shape index (κ3) is 3.10. The third-order valence-electron chi connectivity index (χ3n) is 2.02. The van der Waals surface area contributed by atoms with E-state index in [0.717, 1.165) is 0 Å². The second-order valence-corrected chi connectivity index (χ2v) is 3.45. The topological polar surface area (TPSA) is 65.2 Å². The molecule has 1 rings (SSSR count). The van der Waals surface area contributed by atoms with Crippen molar-refractivity contribution < 1.29 is 18.3 Å². The molecule has 1 heterocycles. The number of aromatic nitrogens is 1. The van der Waals surface area contributed by atoms with Crippen LogP contribution in [0.4, 0.5) is 8.78 Å². The van der Waals surface area contributed by atoms with Gasteiger partial charge in [0.25, 0.3) is 6.43 Å². The van der Waals surface area contributed by atoms with Crippen LogP contribution in [0.1, 0.15) is 35.0 Å². The number of rotatable bonds is 4. The SMILES string of the molecule is CCOC(=O)c1cc(CN)c(C(F)F)c(Cl)n1. The molecule has 1 aromatic heterocycles. The summed E-state index contributed by atoms with van der Waals surface area (Å²) in [5, 5.41) is -0.425. The van der Waals surface area contributed by atoms with Gasteiger partial charge in [-0.15, -0.1) is 0 Å². The van der Waals surface area contributed by atoms with E-state index in [1.165, 1.54) is 6.07 Å². The van der Waals surface area contributed by atoms with Gasteiger partial charge < -0.3 is 10.5 Å². The average molecular weight is 265 g/mol. The number of carbonyl (C=O) groups is 1. The number of esters is 1. The van der Waals surface area contributed by atoms with E-state index in [0.29, 0.717) is 0 Å². The Morgan fingerprint density at radius 2 is 2.29 bits per heavy atom. The largest absolute Gasteiger partial charge is 0.461 e. The number of hydrogen-bond acceptors (Lipinski definition) is 4. The molecule has 0 aliphatic rings. The average Bonchev–Trinajstić information content (AvgIpc) is 2.27. The van der Waals surface area contributed by atoms with Gasteiger partial charge in [-0.25, -0.2) is 18.6 Å². The van der Waals surface area contributed by atoms with Gasteiger partial charge in [-0.05, 0) is 18.6 Å². The zero-order chi connectivity index (χ0) is 13.0. The maximum Gasteiger partial charge on any atom is 0.356 e. The first-order valence-corrected chi connectivity index (χ1v) is 5.23. The van der Waals surface area contributed by atoms with Crippen molar-refractivity contribution in [2.75, 3.05) is 6.61 Å². The Kier molecular flexibility index (Phi) is 4.77. The summed E-state index contributed by atoms with van der Waals surface area (Å²) in [6, 6.07) is 1.17. The van der Waals surface area contributed by atoms with Gasteiger partial charge in [0.1, 0.15) is 10.8 Å². The molecule has 7 heteroatoms. The molecular formula is C10H11ClF2N2O2. The highest BCUT2D eigenvalue weighted by Gasteiger charge is 2.21. The van der Waals surface area contributed by atoms with Crippen LogP contribution >= 0.6 is 11.6 Å². The first-order chi connectivity index (χ1) is 8.01. The zero-order valence-electron chi connectivity index (χ0n) is 9.04. The Labute approximate surface area is 102 Å². The van der Waals surface area contributed by atoms with E-state index in [1.807, 2.05) is 0 Å². The van der Waals surface area contributed by atoms with E-state index < -0.39 is 23.1 Å². The normalized spacial score (nSPS) is 10.7. The molecule has 0 fully saturated rings. The lowest BCUT2D eigenvalue weighted by Crippen LogP contribution is -2.12. The summed E-state index contributed by atoms with van der Waals surface area (Å²) in [7, 11) is 0.